The van der Waals surface area contributed by atoms with E-state index >= 15 is 0 Å². The first-order valence-corrected chi connectivity index (χ1v) is 9.13. The van der Waals surface area contributed by atoms with Crippen LogP contribution in [0.3, 0.4) is 0 Å². The van der Waals surface area contributed by atoms with Crippen molar-refractivity contribution in [1.82, 2.24) is 4.90 Å². The summed E-state index contributed by atoms with van der Waals surface area (Å²) in [5.41, 5.74) is 2.11. The summed E-state index contributed by atoms with van der Waals surface area (Å²) in [6, 6.07) is 15.3. The average molecular weight is 378 g/mol. The van der Waals surface area contributed by atoms with E-state index in [2.05, 4.69) is 0 Å². The standard InChI is InChI=1S/C18H16ClNO2S2/c1-22-15-8-4-13(5-9-15)11-20-17(21)16(24-18(20)23)10-12-2-6-14(19)7-3-12/h2-9,16H,10-11H2,1H3/t16-/m1/s1. The van der Waals surface area contributed by atoms with Crippen LogP contribution in [0.4, 0.5) is 0 Å². The summed E-state index contributed by atoms with van der Waals surface area (Å²) >= 11 is 12.8. The molecule has 0 saturated carbocycles. The first-order valence-electron chi connectivity index (χ1n) is 7.46. The van der Waals surface area contributed by atoms with Crippen molar-refractivity contribution in [3.8, 4) is 5.75 Å². The number of methoxy groups -OCH3 is 1. The van der Waals surface area contributed by atoms with Gasteiger partial charge in [0.25, 0.3) is 0 Å². The van der Waals surface area contributed by atoms with Crippen molar-refractivity contribution in [3.05, 3.63) is 64.7 Å². The quantitative estimate of drug-likeness (QED) is 0.726. The Labute approximate surface area is 155 Å². The van der Waals surface area contributed by atoms with Crippen LogP contribution in [0.2, 0.25) is 5.02 Å². The van der Waals surface area contributed by atoms with Crippen molar-refractivity contribution in [2.45, 2.75) is 18.2 Å². The van der Waals surface area contributed by atoms with Gasteiger partial charge in [0.15, 0.2) is 0 Å². The largest absolute Gasteiger partial charge is 0.497 e. The van der Waals surface area contributed by atoms with E-state index in [1.54, 1.807) is 12.0 Å². The van der Waals surface area contributed by atoms with Crippen LogP contribution in [-0.4, -0.2) is 27.5 Å². The van der Waals surface area contributed by atoms with Crippen LogP contribution in [-0.2, 0) is 17.8 Å². The highest BCUT2D eigenvalue weighted by Crippen LogP contribution is 2.31. The Bertz CT molecular complexity index is 747. The Morgan fingerprint density at radius 1 is 1.12 bits per heavy atom. The van der Waals surface area contributed by atoms with Crippen molar-refractivity contribution >= 4 is 45.8 Å². The molecule has 1 aliphatic rings. The van der Waals surface area contributed by atoms with Gasteiger partial charge in [-0.1, -0.05) is 59.8 Å². The Morgan fingerprint density at radius 3 is 2.38 bits per heavy atom. The van der Waals surface area contributed by atoms with Gasteiger partial charge in [0.1, 0.15) is 10.1 Å². The molecule has 0 unspecified atom stereocenters. The number of amides is 1. The SMILES string of the molecule is COc1ccc(CN2C(=O)[C@@H](Cc3ccc(Cl)cc3)SC2=S)cc1. The number of carbonyl (C=O) groups excluding carboxylic acids is 1. The molecule has 1 saturated heterocycles. The van der Waals surface area contributed by atoms with Crippen LogP contribution >= 0.6 is 35.6 Å². The van der Waals surface area contributed by atoms with Crippen LogP contribution < -0.4 is 4.74 Å². The van der Waals surface area contributed by atoms with Gasteiger partial charge in [0.05, 0.1) is 18.9 Å². The number of hydrogen-bond donors (Lipinski definition) is 0. The number of carbonyl (C=O) groups is 1. The predicted octanol–water partition coefficient (Wildman–Crippen LogP) is 4.32. The third kappa shape index (κ3) is 3.91. The number of halogens is 1. The summed E-state index contributed by atoms with van der Waals surface area (Å²) in [5, 5.41) is 0.526. The Hall–Kier alpha value is -1.56. The molecule has 0 spiro atoms. The Kier molecular flexibility index (Phi) is 5.43. The van der Waals surface area contributed by atoms with Gasteiger partial charge in [-0.15, -0.1) is 0 Å². The maximum absolute atomic E-state index is 12.7. The minimum Gasteiger partial charge on any atom is -0.497 e. The van der Waals surface area contributed by atoms with Crippen LogP contribution in [0.25, 0.3) is 0 Å². The number of thiocarbonyl (C=S) groups is 1. The normalized spacial score (nSPS) is 17.4. The predicted molar refractivity (Wildman–Crippen MR) is 103 cm³/mol. The van der Waals surface area contributed by atoms with Crippen molar-refractivity contribution in [2.24, 2.45) is 0 Å². The van der Waals surface area contributed by atoms with Crippen molar-refractivity contribution in [3.63, 3.8) is 0 Å². The minimum absolute atomic E-state index is 0.0655. The fraction of sp³-hybridized carbons (Fsp3) is 0.222. The highest BCUT2D eigenvalue weighted by molar-refractivity contribution is 8.24. The summed E-state index contributed by atoms with van der Waals surface area (Å²) in [7, 11) is 1.63. The van der Waals surface area contributed by atoms with Gasteiger partial charge in [0, 0.05) is 5.02 Å². The third-order valence-corrected chi connectivity index (χ3v) is 5.67. The first-order chi connectivity index (χ1) is 11.6. The highest BCUT2D eigenvalue weighted by Gasteiger charge is 2.36. The lowest BCUT2D eigenvalue weighted by Gasteiger charge is -2.16. The van der Waals surface area contributed by atoms with E-state index in [4.69, 9.17) is 28.6 Å². The molecule has 3 rings (SSSR count). The van der Waals surface area contributed by atoms with Crippen molar-refractivity contribution in [1.29, 1.82) is 0 Å². The minimum atomic E-state index is -0.170. The van der Waals surface area contributed by atoms with Gasteiger partial charge in [-0.25, -0.2) is 0 Å². The molecule has 24 heavy (non-hydrogen) atoms. The van der Waals surface area contributed by atoms with E-state index in [0.29, 0.717) is 22.3 Å². The van der Waals surface area contributed by atoms with Crippen molar-refractivity contribution < 1.29 is 9.53 Å². The molecule has 0 aliphatic carbocycles. The Balaban J connectivity index is 1.67. The van der Waals surface area contributed by atoms with Gasteiger partial charge in [-0.2, -0.15) is 0 Å². The molecule has 6 heteroatoms. The third-order valence-electron chi connectivity index (χ3n) is 3.84. The van der Waals surface area contributed by atoms with E-state index in [-0.39, 0.29) is 11.2 Å². The molecule has 1 aliphatic heterocycles. The molecule has 1 heterocycles. The lowest BCUT2D eigenvalue weighted by Crippen LogP contribution is -2.31. The number of hydrogen-bond acceptors (Lipinski definition) is 4. The molecule has 124 valence electrons. The zero-order valence-corrected chi connectivity index (χ0v) is 15.5. The highest BCUT2D eigenvalue weighted by atomic mass is 35.5. The molecule has 3 nitrogen and oxygen atoms in total. The number of ether oxygens (including phenoxy) is 1. The molecule has 0 aromatic heterocycles. The van der Waals surface area contributed by atoms with Gasteiger partial charge in [0.2, 0.25) is 5.91 Å². The molecule has 2 aromatic carbocycles. The van der Waals surface area contributed by atoms with Gasteiger partial charge >= 0.3 is 0 Å². The monoisotopic (exact) mass is 377 g/mol. The number of thioether (sulfide) groups is 1. The molecule has 0 bridgehead atoms. The molecule has 1 amide bonds. The maximum atomic E-state index is 12.7. The zero-order valence-electron chi connectivity index (χ0n) is 13.1. The summed E-state index contributed by atoms with van der Waals surface area (Å²) in [6.45, 7) is 0.492. The number of rotatable bonds is 5. The number of nitrogens with zero attached hydrogens (tertiary/aromatic N) is 1. The summed E-state index contributed by atoms with van der Waals surface area (Å²) in [4.78, 5) is 14.4. The molecule has 1 atom stereocenters. The molecule has 0 N–H and O–H groups in total. The lowest BCUT2D eigenvalue weighted by atomic mass is 10.1. The fourth-order valence-corrected chi connectivity index (χ4v) is 4.18. The van der Waals surface area contributed by atoms with E-state index in [1.165, 1.54) is 11.8 Å². The summed E-state index contributed by atoms with van der Waals surface area (Å²) < 4.78 is 5.79. The zero-order chi connectivity index (χ0) is 17.1. The average Bonchev–Trinajstić information content (AvgIpc) is 2.85. The molecule has 2 aromatic rings. The molecular weight excluding hydrogens is 362 g/mol. The molecule has 0 radical (unpaired) electrons. The van der Waals surface area contributed by atoms with Crippen molar-refractivity contribution in [2.75, 3.05) is 7.11 Å². The second-order valence-corrected chi connectivity index (χ2v) is 7.75. The van der Waals surface area contributed by atoms with E-state index in [1.807, 2.05) is 48.5 Å². The Morgan fingerprint density at radius 2 is 1.75 bits per heavy atom. The maximum Gasteiger partial charge on any atom is 0.242 e. The van der Waals surface area contributed by atoms with Gasteiger partial charge in [-0.3, -0.25) is 9.69 Å². The van der Waals surface area contributed by atoms with Crippen LogP contribution in [0.5, 0.6) is 5.75 Å². The van der Waals surface area contributed by atoms with Crippen LogP contribution in [0.15, 0.2) is 48.5 Å². The topological polar surface area (TPSA) is 29.5 Å². The van der Waals surface area contributed by atoms with Gasteiger partial charge < -0.3 is 4.74 Å². The second-order valence-electron chi connectivity index (χ2n) is 5.48. The van der Waals surface area contributed by atoms with Gasteiger partial charge in [-0.05, 0) is 41.8 Å². The lowest BCUT2D eigenvalue weighted by molar-refractivity contribution is -0.126. The molecular formula is C18H16ClNO2S2. The summed E-state index contributed by atoms with van der Waals surface area (Å²) in [6.07, 6.45) is 0.653. The number of benzene rings is 2. The molecule has 1 fully saturated rings. The smallest absolute Gasteiger partial charge is 0.242 e. The fourth-order valence-electron chi connectivity index (χ4n) is 2.52. The summed E-state index contributed by atoms with van der Waals surface area (Å²) in [5.74, 6) is 0.861. The van der Waals surface area contributed by atoms with E-state index in [0.717, 1.165) is 16.9 Å². The van der Waals surface area contributed by atoms with Crippen LogP contribution in [0.1, 0.15) is 11.1 Å². The van der Waals surface area contributed by atoms with Crippen LogP contribution in [0, 0.1) is 0 Å². The first kappa shape index (κ1) is 17.3. The van der Waals surface area contributed by atoms with E-state index in [9.17, 15) is 4.79 Å². The van der Waals surface area contributed by atoms with E-state index < -0.39 is 0 Å². The second kappa shape index (κ2) is 7.55.